The van der Waals surface area contributed by atoms with E-state index in [-0.39, 0.29) is 24.5 Å². The first-order valence-electron chi connectivity index (χ1n) is 7.14. The number of rotatable bonds is 4. The molecule has 0 aromatic heterocycles. The maximum atomic E-state index is 12.3. The molecular formula is C15H12N2O6. The van der Waals surface area contributed by atoms with Crippen LogP contribution in [0.4, 0.5) is 5.69 Å². The van der Waals surface area contributed by atoms with Crippen molar-refractivity contribution in [2.75, 3.05) is 0 Å². The van der Waals surface area contributed by atoms with Crippen LogP contribution in [0.3, 0.4) is 0 Å². The van der Waals surface area contributed by atoms with Crippen LogP contribution in [0.15, 0.2) is 36.4 Å². The van der Waals surface area contributed by atoms with Crippen molar-refractivity contribution in [3.05, 3.63) is 52.1 Å². The van der Waals surface area contributed by atoms with Crippen LogP contribution in [0.1, 0.15) is 5.56 Å². The van der Waals surface area contributed by atoms with Crippen LogP contribution in [0, 0.1) is 22.0 Å². The van der Waals surface area contributed by atoms with Gasteiger partial charge in [-0.25, -0.2) is 0 Å². The maximum absolute atomic E-state index is 12.3. The van der Waals surface area contributed by atoms with Crippen LogP contribution in [0.5, 0.6) is 0 Å². The molecule has 4 atom stereocenters. The number of nitro benzene ring substituents is 1. The molecule has 4 rings (SSSR count). The molecule has 8 nitrogen and oxygen atoms in total. The van der Waals surface area contributed by atoms with E-state index in [1.165, 1.54) is 24.3 Å². The Morgan fingerprint density at radius 3 is 2.17 bits per heavy atom. The highest BCUT2D eigenvalue weighted by Crippen LogP contribution is 2.45. The molecule has 0 unspecified atom stereocenters. The van der Waals surface area contributed by atoms with Crippen LogP contribution in [0.25, 0.3) is 0 Å². The summed E-state index contributed by atoms with van der Waals surface area (Å²) in [6.45, 7) is -0.0153. The van der Waals surface area contributed by atoms with E-state index in [1.807, 2.05) is 0 Å². The Morgan fingerprint density at radius 1 is 1.09 bits per heavy atom. The topological polar surface area (TPSA) is 99.0 Å². The first-order chi connectivity index (χ1) is 11.1. The highest BCUT2D eigenvalue weighted by Gasteiger charge is 2.61. The van der Waals surface area contributed by atoms with Gasteiger partial charge in [0.25, 0.3) is 17.5 Å². The summed E-state index contributed by atoms with van der Waals surface area (Å²) in [4.78, 5) is 40.1. The van der Waals surface area contributed by atoms with Gasteiger partial charge in [-0.05, 0) is 17.7 Å². The smallest absolute Gasteiger partial charge is 0.269 e. The molecule has 8 heteroatoms. The van der Waals surface area contributed by atoms with Gasteiger partial charge in [-0.15, -0.1) is 0 Å². The zero-order valence-corrected chi connectivity index (χ0v) is 11.8. The Hall–Kier alpha value is -2.58. The molecular weight excluding hydrogens is 304 g/mol. The molecule has 0 saturated carbocycles. The van der Waals surface area contributed by atoms with Gasteiger partial charge in [0, 0.05) is 12.1 Å². The third-order valence-corrected chi connectivity index (χ3v) is 4.38. The van der Waals surface area contributed by atoms with Gasteiger partial charge in [-0.1, -0.05) is 12.2 Å². The highest BCUT2D eigenvalue weighted by atomic mass is 16.7. The van der Waals surface area contributed by atoms with E-state index in [9.17, 15) is 19.7 Å². The number of hydrogen-bond acceptors (Lipinski definition) is 6. The van der Waals surface area contributed by atoms with Gasteiger partial charge in [0.1, 0.15) is 6.61 Å². The highest BCUT2D eigenvalue weighted by molar-refractivity contribution is 6.05. The average molecular weight is 316 g/mol. The summed E-state index contributed by atoms with van der Waals surface area (Å²) in [5, 5.41) is 11.4. The lowest BCUT2D eigenvalue weighted by atomic mass is 9.85. The lowest BCUT2D eigenvalue weighted by molar-refractivity contribution is -0.384. The van der Waals surface area contributed by atoms with E-state index in [2.05, 4.69) is 0 Å². The molecule has 1 aromatic rings. The minimum absolute atomic E-state index is 0.0153. The van der Waals surface area contributed by atoms with E-state index >= 15 is 0 Å². The number of nitrogens with zero attached hydrogens (tertiary/aromatic N) is 2. The standard InChI is InChI=1S/C15H12N2O6/c18-14-12-10-5-6-11(23-10)13(12)15(19)16(14)22-7-8-1-3-9(4-2-8)17(20)21/h1-6,10-13H,7H2/t10-,11+,12+,13-. The molecule has 0 radical (unpaired) electrons. The molecule has 2 fully saturated rings. The van der Waals surface area contributed by atoms with E-state index in [0.29, 0.717) is 5.56 Å². The van der Waals surface area contributed by atoms with Gasteiger partial charge in [0.2, 0.25) is 0 Å². The number of fused-ring (bicyclic) bond motifs is 5. The van der Waals surface area contributed by atoms with Crippen molar-refractivity contribution in [3.63, 3.8) is 0 Å². The molecule has 2 amide bonds. The number of carbonyl (C=O) groups excluding carboxylic acids is 2. The van der Waals surface area contributed by atoms with E-state index in [0.717, 1.165) is 5.06 Å². The second-order valence-corrected chi connectivity index (χ2v) is 5.67. The Balaban J connectivity index is 1.45. The van der Waals surface area contributed by atoms with Crippen molar-refractivity contribution in [1.29, 1.82) is 0 Å². The molecule has 0 aliphatic carbocycles. The molecule has 2 bridgehead atoms. The second kappa shape index (κ2) is 4.97. The fourth-order valence-corrected chi connectivity index (χ4v) is 3.26. The van der Waals surface area contributed by atoms with E-state index in [1.54, 1.807) is 12.2 Å². The first kappa shape index (κ1) is 14.0. The van der Waals surface area contributed by atoms with Crippen molar-refractivity contribution >= 4 is 17.5 Å². The van der Waals surface area contributed by atoms with Gasteiger partial charge < -0.3 is 4.74 Å². The van der Waals surface area contributed by atoms with Crippen molar-refractivity contribution < 1.29 is 24.1 Å². The summed E-state index contributed by atoms with van der Waals surface area (Å²) in [7, 11) is 0. The molecule has 118 valence electrons. The van der Waals surface area contributed by atoms with Gasteiger partial charge in [0.15, 0.2) is 0 Å². The SMILES string of the molecule is O=C1[C@@H]2[C@H](C(=O)N1OCc1ccc([N+](=O)[O-])cc1)[C@@H]1C=C[C@H]2O1. The number of hydrogen-bond donors (Lipinski definition) is 0. The first-order valence-corrected chi connectivity index (χ1v) is 7.14. The van der Waals surface area contributed by atoms with E-state index in [4.69, 9.17) is 9.57 Å². The van der Waals surface area contributed by atoms with E-state index < -0.39 is 28.6 Å². The van der Waals surface area contributed by atoms with Crippen molar-refractivity contribution in [3.8, 4) is 0 Å². The summed E-state index contributed by atoms with van der Waals surface area (Å²) >= 11 is 0. The number of nitro groups is 1. The van der Waals surface area contributed by atoms with Crippen LogP contribution in [-0.4, -0.2) is 34.0 Å². The zero-order valence-electron chi connectivity index (χ0n) is 11.8. The van der Waals surface area contributed by atoms with Gasteiger partial charge >= 0.3 is 0 Å². The number of benzene rings is 1. The second-order valence-electron chi connectivity index (χ2n) is 5.67. The summed E-state index contributed by atoms with van der Waals surface area (Å²) < 4.78 is 5.53. The summed E-state index contributed by atoms with van der Waals surface area (Å²) in [5.41, 5.74) is 0.599. The number of non-ortho nitro benzene ring substituents is 1. The fraction of sp³-hybridized carbons (Fsp3) is 0.333. The van der Waals surface area contributed by atoms with Gasteiger partial charge in [0.05, 0.1) is 29.0 Å². The maximum Gasteiger partial charge on any atom is 0.269 e. The van der Waals surface area contributed by atoms with Crippen LogP contribution >= 0.6 is 0 Å². The van der Waals surface area contributed by atoms with Crippen LogP contribution in [0.2, 0.25) is 0 Å². The molecule has 3 aliphatic rings. The molecule has 3 aliphatic heterocycles. The Kier molecular flexibility index (Phi) is 3.03. The Labute approximate surface area is 130 Å². The molecule has 1 aromatic carbocycles. The minimum atomic E-state index is -0.505. The number of ether oxygens (including phenoxy) is 1. The monoisotopic (exact) mass is 316 g/mol. The van der Waals surface area contributed by atoms with Gasteiger partial charge in [-0.2, -0.15) is 5.06 Å². The Bertz CT molecular complexity index is 698. The predicted octanol–water partition coefficient (Wildman–Crippen LogP) is 0.965. The number of hydroxylamine groups is 2. The van der Waals surface area contributed by atoms with Crippen molar-refractivity contribution in [1.82, 2.24) is 5.06 Å². The average Bonchev–Trinajstić information content (AvgIpc) is 3.21. The predicted molar refractivity (Wildman–Crippen MR) is 74.5 cm³/mol. The van der Waals surface area contributed by atoms with Crippen molar-refractivity contribution in [2.24, 2.45) is 11.8 Å². The summed E-state index contributed by atoms with van der Waals surface area (Å²) in [5.74, 6) is -1.79. The number of imide groups is 1. The molecule has 3 heterocycles. The molecule has 23 heavy (non-hydrogen) atoms. The summed E-state index contributed by atoms with van der Waals surface area (Å²) in [6.07, 6.45) is 2.90. The number of amides is 2. The lowest BCUT2D eigenvalue weighted by Gasteiger charge is -2.16. The normalized spacial score (nSPS) is 31.0. The number of carbonyl (C=O) groups is 2. The Morgan fingerprint density at radius 2 is 1.65 bits per heavy atom. The molecule has 2 saturated heterocycles. The zero-order chi connectivity index (χ0) is 16.1. The van der Waals surface area contributed by atoms with Crippen LogP contribution < -0.4 is 0 Å². The molecule has 0 spiro atoms. The quantitative estimate of drug-likeness (QED) is 0.355. The third-order valence-electron chi connectivity index (χ3n) is 4.38. The van der Waals surface area contributed by atoms with Crippen LogP contribution in [-0.2, 0) is 25.8 Å². The summed E-state index contributed by atoms with van der Waals surface area (Å²) in [6, 6.07) is 5.74. The van der Waals surface area contributed by atoms with Gasteiger partial charge in [-0.3, -0.25) is 24.5 Å². The lowest BCUT2D eigenvalue weighted by Crippen LogP contribution is -2.34. The minimum Gasteiger partial charge on any atom is -0.365 e. The largest absolute Gasteiger partial charge is 0.365 e. The third kappa shape index (κ3) is 2.07. The van der Waals surface area contributed by atoms with Crippen molar-refractivity contribution in [2.45, 2.75) is 18.8 Å². The molecule has 0 N–H and O–H groups in total. The fourth-order valence-electron chi connectivity index (χ4n) is 3.26.